The number of ether oxygens (including phenoxy) is 1. The Balaban J connectivity index is 1.39. The van der Waals surface area contributed by atoms with Crippen molar-refractivity contribution in [1.82, 2.24) is 10.2 Å². The van der Waals surface area contributed by atoms with E-state index in [-0.39, 0.29) is 24.8 Å². The van der Waals surface area contributed by atoms with Crippen LogP contribution in [-0.4, -0.2) is 44.5 Å². The Hall–Kier alpha value is -2.79. The van der Waals surface area contributed by atoms with Crippen molar-refractivity contribution in [3.8, 4) is 11.5 Å². The first-order valence-electron chi connectivity index (χ1n) is 12.0. The van der Waals surface area contributed by atoms with Crippen LogP contribution in [0.5, 0.6) is 11.5 Å². The van der Waals surface area contributed by atoms with Crippen molar-refractivity contribution in [2.75, 3.05) is 23.7 Å². The predicted octanol–water partition coefficient (Wildman–Crippen LogP) is 5.61. The minimum Gasteiger partial charge on any atom is -0.457 e. The SMILES string of the molecule is CC1CN(c2cccc(CN(C)C(=O)C(=O)NCc3ccc(Br)cc3Oc3ccc(Cl)c(Cl)c3)c2)S(=O)(=O)C1. The molecule has 0 aliphatic carbocycles. The van der Waals surface area contributed by atoms with Gasteiger partial charge in [-0.3, -0.25) is 13.9 Å². The summed E-state index contributed by atoms with van der Waals surface area (Å²) in [7, 11) is -1.85. The third kappa shape index (κ3) is 7.25. The van der Waals surface area contributed by atoms with Gasteiger partial charge in [-0.15, -0.1) is 0 Å². The summed E-state index contributed by atoms with van der Waals surface area (Å²) in [6, 6.07) is 17.2. The fourth-order valence-electron chi connectivity index (χ4n) is 4.18. The smallest absolute Gasteiger partial charge is 0.311 e. The molecule has 206 valence electrons. The molecular formula is C27H26BrCl2N3O5S. The van der Waals surface area contributed by atoms with Crippen molar-refractivity contribution in [3.05, 3.63) is 86.3 Å². The maximum absolute atomic E-state index is 12.8. The first kappa shape index (κ1) is 29.2. The van der Waals surface area contributed by atoms with E-state index < -0.39 is 21.8 Å². The van der Waals surface area contributed by atoms with E-state index in [9.17, 15) is 18.0 Å². The number of carbonyl (C=O) groups is 2. The van der Waals surface area contributed by atoms with Crippen LogP contribution < -0.4 is 14.4 Å². The van der Waals surface area contributed by atoms with E-state index in [1.54, 1.807) is 60.7 Å². The second-order valence-corrected chi connectivity index (χ2v) is 13.0. The average Bonchev–Trinajstić information content (AvgIpc) is 3.16. The Bertz CT molecular complexity index is 1520. The number of likely N-dealkylation sites (N-methyl/N-ethyl adjacent to an activating group) is 1. The molecule has 1 unspecified atom stereocenters. The molecule has 39 heavy (non-hydrogen) atoms. The second-order valence-electron chi connectivity index (χ2n) is 9.36. The Kier molecular flexibility index (Phi) is 9.10. The Morgan fingerprint density at radius 3 is 2.56 bits per heavy atom. The minimum atomic E-state index is -3.37. The summed E-state index contributed by atoms with van der Waals surface area (Å²) in [6.45, 7) is 2.48. The zero-order chi connectivity index (χ0) is 28.3. The van der Waals surface area contributed by atoms with Crippen LogP contribution in [0.3, 0.4) is 0 Å². The molecule has 1 saturated heterocycles. The van der Waals surface area contributed by atoms with Crippen molar-refractivity contribution < 1.29 is 22.7 Å². The van der Waals surface area contributed by atoms with E-state index in [2.05, 4.69) is 21.2 Å². The number of rotatable bonds is 7. The molecule has 1 fully saturated rings. The molecule has 2 amide bonds. The summed E-state index contributed by atoms with van der Waals surface area (Å²) in [4.78, 5) is 26.8. The molecular weight excluding hydrogens is 629 g/mol. The van der Waals surface area contributed by atoms with Gasteiger partial charge in [0.1, 0.15) is 11.5 Å². The highest BCUT2D eigenvalue weighted by Gasteiger charge is 2.33. The third-order valence-corrected chi connectivity index (χ3v) is 9.31. The van der Waals surface area contributed by atoms with Crippen molar-refractivity contribution in [2.45, 2.75) is 20.0 Å². The fourth-order valence-corrected chi connectivity index (χ4v) is 6.73. The lowest BCUT2D eigenvalue weighted by atomic mass is 10.1. The van der Waals surface area contributed by atoms with Crippen LogP contribution in [0.25, 0.3) is 0 Å². The Labute approximate surface area is 246 Å². The summed E-state index contributed by atoms with van der Waals surface area (Å²) < 4.78 is 33.0. The average molecular weight is 655 g/mol. The van der Waals surface area contributed by atoms with Crippen molar-refractivity contribution in [1.29, 1.82) is 0 Å². The Morgan fingerprint density at radius 2 is 1.87 bits per heavy atom. The van der Waals surface area contributed by atoms with E-state index in [1.807, 2.05) is 6.92 Å². The molecule has 0 saturated carbocycles. The number of carbonyl (C=O) groups excluding carboxylic acids is 2. The number of hydrogen-bond donors (Lipinski definition) is 1. The normalized spacial score (nSPS) is 16.1. The summed E-state index contributed by atoms with van der Waals surface area (Å²) >= 11 is 15.5. The lowest BCUT2D eigenvalue weighted by Gasteiger charge is -2.20. The molecule has 1 atom stereocenters. The van der Waals surface area contributed by atoms with Crippen molar-refractivity contribution in [2.24, 2.45) is 5.92 Å². The van der Waals surface area contributed by atoms with E-state index >= 15 is 0 Å². The number of benzene rings is 3. The zero-order valence-electron chi connectivity index (χ0n) is 21.2. The van der Waals surface area contributed by atoms with Crippen molar-refractivity contribution >= 4 is 66.7 Å². The predicted molar refractivity (Wildman–Crippen MR) is 156 cm³/mol. The molecule has 3 aromatic rings. The maximum atomic E-state index is 12.8. The standard InChI is InChI=1S/C27H26BrCl2N3O5S/c1-17-14-33(39(36,37)16-17)21-5-3-4-18(10-21)15-32(2)27(35)26(34)31-13-19-6-7-20(28)11-25(19)38-22-8-9-23(29)24(30)12-22/h3-12,17H,13-16H2,1-2H3,(H,31,34). The van der Waals surface area contributed by atoms with Crippen LogP contribution in [0.15, 0.2) is 65.1 Å². The quantitative estimate of drug-likeness (QED) is 0.334. The molecule has 0 bridgehead atoms. The number of hydrogen-bond acceptors (Lipinski definition) is 5. The topological polar surface area (TPSA) is 96.0 Å². The molecule has 0 spiro atoms. The molecule has 12 heteroatoms. The number of nitrogens with zero attached hydrogens (tertiary/aromatic N) is 2. The lowest BCUT2D eigenvalue weighted by molar-refractivity contribution is -0.145. The molecule has 1 aliphatic rings. The molecule has 1 heterocycles. The summed E-state index contributed by atoms with van der Waals surface area (Å²) in [6.07, 6.45) is 0. The highest BCUT2D eigenvalue weighted by Crippen LogP contribution is 2.33. The van der Waals surface area contributed by atoms with Crippen LogP contribution in [0.2, 0.25) is 10.0 Å². The van der Waals surface area contributed by atoms with Crippen LogP contribution in [0.1, 0.15) is 18.1 Å². The van der Waals surface area contributed by atoms with Gasteiger partial charge in [0.2, 0.25) is 10.0 Å². The second kappa shape index (κ2) is 12.2. The highest BCUT2D eigenvalue weighted by atomic mass is 79.9. The van der Waals surface area contributed by atoms with E-state index in [0.29, 0.717) is 44.9 Å². The van der Waals surface area contributed by atoms with Gasteiger partial charge in [0.15, 0.2) is 0 Å². The molecule has 0 radical (unpaired) electrons. The molecule has 8 nitrogen and oxygen atoms in total. The van der Waals surface area contributed by atoms with Gasteiger partial charge in [0.05, 0.1) is 21.5 Å². The van der Waals surface area contributed by atoms with Crippen molar-refractivity contribution in [3.63, 3.8) is 0 Å². The minimum absolute atomic E-state index is 0.0345. The lowest BCUT2D eigenvalue weighted by Crippen LogP contribution is -2.40. The number of amides is 2. The van der Waals surface area contributed by atoms with E-state index in [1.165, 1.54) is 16.3 Å². The first-order valence-corrected chi connectivity index (χ1v) is 15.1. The number of halogens is 3. The van der Waals surface area contributed by atoms with Crippen LogP contribution >= 0.6 is 39.1 Å². The van der Waals surface area contributed by atoms with Gasteiger partial charge >= 0.3 is 11.8 Å². The summed E-state index contributed by atoms with van der Waals surface area (Å²) in [5, 5.41) is 3.38. The molecule has 1 N–H and O–H groups in total. The number of nitrogens with one attached hydrogen (secondary N) is 1. The molecule has 0 aromatic heterocycles. The summed E-state index contributed by atoms with van der Waals surface area (Å²) in [5.41, 5.74) is 1.89. The number of anilines is 1. The number of sulfonamides is 1. The van der Waals surface area contributed by atoms with Crippen LogP contribution in [-0.2, 0) is 32.7 Å². The molecule has 1 aliphatic heterocycles. The highest BCUT2D eigenvalue weighted by molar-refractivity contribution is 9.10. The van der Waals surface area contributed by atoms with Gasteiger partial charge in [-0.25, -0.2) is 8.42 Å². The fraction of sp³-hybridized carbons (Fsp3) is 0.259. The van der Waals surface area contributed by atoms with E-state index in [0.717, 1.165) is 4.47 Å². The van der Waals surface area contributed by atoms with Gasteiger partial charge in [-0.1, -0.05) is 64.3 Å². The summed E-state index contributed by atoms with van der Waals surface area (Å²) in [5.74, 6) is -0.447. The van der Waals surface area contributed by atoms with Crippen LogP contribution in [0.4, 0.5) is 5.69 Å². The Morgan fingerprint density at radius 1 is 1.10 bits per heavy atom. The van der Waals surface area contributed by atoms with Gasteiger partial charge in [0.25, 0.3) is 0 Å². The largest absolute Gasteiger partial charge is 0.457 e. The first-order chi connectivity index (χ1) is 18.4. The van der Waals surface area contributed by atoms with Gasteiger partial charge in [-0.05, 0) is 47.9 Å². The van der Waals surface area contributed by atoms with Crippen LogP contribution in [0, 0.1) is 5.92 Å². The molecule has 4 rings (SSSR count). The maximum Gasteiger partial charge on any atom is 0.311 e. The molecule has 3 aromatic carbocycles. The van der Waals surface area contributed by atoms with Gasteiger partial charge in [0, 0.05) is 42.8 Å². The monoisotopic (exact) mass is 653 g/mol. The zero-order valence-corrected chi connectivity index (χ0v) is 25.1. The van der Waals surface area contributed by atoms with E-state index in [4.69, 9.17) is 27.9 Å². The van der Waals surface area contributed by atoms with Gasteiger partial charge < -0.3 is 15.0 Å². The third-order valence-electron chi connectivity index (χ3n) is 6.06. The van der Waals surface area contributed by atoms with Gasteiger partial charge in [-0.2, -0.15) is 0 Å².